The number of nitriles is 1. The molecular formula is C23H26F3N5OS. The Kier molecular flexibility index (Phi) is 6.91. The van der Waals surface area contributed by atoms with Gasteiger partial charge in [-0.2, -0.15) is 18.4 Å². The van der Waals surface area contributed by atoms with Crippen molar-refractivity contribution in [3.05, 3.63) is 39.9 Å². The first kappa shape index (κ1) is 23.5. The van der Waals surface area contributed by atoms with Crippen molar-refractivity contribution in [1.29, 1.82) is 5.26 Å². The number of alkyl halides is 3. The molecule has 1 aliphatic heterocycles. The Hall–Kier alpha value is -2.64. The molecule has 0 radical (unpaired) electrons. The first-order chi connectivity index (χ1) is 15.8. The molecule has 2 aliphatic rings. The number of aryl methyl sites for hydroxylation is 1. The molecule has 176 valence electrons. The Morgan fingerprint density at radius 1 is 1.18 bits per heavy atom. The van der Waals surface area contributed by atoms with Crippen LogP contribution in [0.25, 0.3) is 0 Å². The van der Waals surface area contributed by atoms with Gasteiger partial charge in [-0.15, -0.1) is 11.3 Å². The molecule has 1 saturated heterocycles. The minimum atomic E-state index is -4.40. The minimum absolute atomic E-state index is 0.149. The van der Waals surface area contributed by atoms with Gasteiger partial charge in [0.1, 0.15) is 16.9 Å². The third kappa shape index (κ3) is 5.14. The van der Waals surface area contributed by atoms with Crippen molar-refractivity contribution >= 4 is 28.1 Å². The molecular weight excluding hydrogens is 451 g/mol. The molecule has 10 heteroatoms. The second kappa shape index (κ2) is 9.69. The van der Waals surface area contributed by atoms with Crippen molar-refractivity contribution in [2.45, 2.75) is 51.2 Å². The summed E-state index contributed by atoms with van der Waals surface area (Å²) in [5.41, 5.74) is 0.939. The summed E-state index contributed by atoms with van der Waals surface area (Å²) in [5, 5.41) is 13.3. The maximum Gasteiger partial charge on any atom is 0.417 e. The van der Waals surface area contributed by atoms with Crippen molar-refractivity contribution < 1.29 is 18.0 Å². The SMILES string of the molecule is C[C@H](C(=O)Nc1sc2c(c1C#N)CCCCC2)N1CCN(c2ccc(C(F)(F)F)cn2)CC1. The number of amides is 1. The van der Waals surface area contributed by atoms with E-state index in [1.54, 1.807) is 0 Å². The van der Waals surface area contributed by atoms with E-state index >= 15 is 0 Å². The van der Waals surface area contributed by atoms with Crippen LogP contribution in [-0.4, -0.2) is 48.0 Å². The molecule has 0 aromatic carbocycles. The number of nitrogens with one attached hydrogen (secondary N) is 1. The van der Waals surface area contributed by atoms with Crippen LogP contribution in [-0.2, 0) is 23.8 Å². The summed E-state index contributed by atoms with van der Waals surface area (Å²) >= 11 is 1.52. The number of thiophene rings is 1. The van der Waals surface area contributed by atoms with E-state index in [0.29, 0.717) is 42.6 Å². The first-order valence-electron chi connectivity index (χ1n) is 11.2. The van der Waals surface area contributed by atoms with E-state index in [1.165, 1.54) is 28.7 Å². The largest absolute Gasteiger partial charge is 0.417 e. The van der Waals surface area contributed by atoms with Gasteiger partial charge in [-0.25, -0.2) is 4.98 Å². The third-order valence-corrected chi connectivity index (χ3v) is 7.62. The van der Waals surface area contributed by atoms with E-state index in [-0.39, 0.29) is 11.9 Å². The van der Waals surface area contributed by atoms with Gasteiger partial charge in [0, 0.05) is 37.3 Å². The van der Waals surface area contributed by atoms with Gasteiger partial charge in [0.05, 0.1) is 17.2 Å². The van der Waals surface area contributed by atoms with Gasteiger partial charge in [-0.05, 0) is 50.3 Å². The zero-order chi connectivity index (χ0) is 23.6. The van der Waals surface area contributed by atoms with Crippen molar-refractivity contribution in [2.24, 2.45) is 0 Å². The third-order valence-electron chi connectivity index (χ3n) is 6.41. The van der Waals surface area contributed by atoms with Crippen LogP contribution in [0.3, 0.4) is 0 Å². The van der Waals surface area contributed by atoms with E-state index < -0.39 is 11.7 Å². The maximum atomic E-state index is 13.0. The number of nitrogens with zero attached hydrogens (tertiary/aromatic N) is 4. The van der Waals surface area contributed by atoms with E-state index in [2.05, 4.69) is 16.4 Å². The molecule has 1 N–H and O–H groups in total. The zero-order valence-corrected chi connectivity index (χ0v) is 19.2. The van der Waals surface area contributed by atoms with Crippen LogP contribution >= 0.6 is 11.3 Å². The molecule has 0 spiro atoms. The lowest BCUT2D eigenvalue weighted by Gasteiger charge is -2.38. The normalized spacial score (nSPS) is 18.2. The highest BCUT2D eigenvalue weighted by atomic mass is 32.1. The fourth-order valence-corrected chi connectivity index (χ4v) is 5.65. The van der Waals surface area contributed by atoms with Crippen LogP contribution in [0, 0.1) is 11.3 Å². The average Bonchev–Trinajstić information content (AvgIpc) is 2.96. The molecule has 0 saturated carbocycles. The highest BCUT2D eigenvalue weighted by molar-refractivity contribution is 7.16. The number of rotatable bonds is 4. The van der Waals surface area contributed by atoms with Crippen molar-refractivity contribution in [2.75, 3.05) is 36.4 Å². The van der Waals surface area contributed by atoms with E-state index in [0.717, 1.165) is 43.5 Å². The molecule has 1 aliphatic carbocycles. The highest BCUT2D eigenvalue weighted by Crippen LogP contribution is 2.37. The molecule has 0 bridgehead atoms. The Labute approximate surface area is 195 Å². The van der Waals surface area contributed by atoms with Crippen LogP contribution in [0.2, 0.25) is 0 Å². The second-order valence-corrected chi connectivity index (χ2v) is 9.58. The molecule has 0 unspecified atom stereocenters. The molecule has 3 heterocycles. The number of hydrogen-bond donors (Lipinski definition) is 1. The number of pyridine rings is 1. The lowest BCUT2D eigenvalue weighted by Crippen LogP contribution is -2.53. The van der Waals surface area contributed by atoms with Crippen molar-refractivity contribution in [3.63, 3.8) is 0 Å². The number of carbonyl (C=O) groups is 1. The van der Waals surface area contributed by atoms with E-state index in [9.17, 15) is 23.2 Å². The average molecular weight is 478 g/mol. The minimum Gasteiger partial charge on any atom is -0.354 e. The molecule has 1 atom stereocenters. The first-order valence-corrected chi connectivity index (χ1v) is 12.0. The lowest BCUT2D eigenvalue weighted by molar-refractivity contribution is -0.137. The molecule has 1 fully saturated rings. The predicted molar refractivity (Wildman–Crippen MR) is 121 cm³/mol. The van der Waals surface area contributed by atoms with Gasteiger partial charge in [0.2, 0.25) is 5.91 Å². The lowest BCUT2D eigenvalue weighted by atomic mass is 10.1. The summed E-state index contributed by atoms with van der Waals surface area (Å²) in [7, 11) is 0. The topological polar surface area (TPSA) is 72.3 Å². The molecule has 1 amide bonds. The van der Waals surface area contributed by atoms with E-state index in [1.807, 2.05) is 16.7 Å². The Balaban J connectivity index is 1.36. The molecule has 33 heavy (non-hydrogen) atoms. The number of piperazine rings is 1. The zero-order valence-electron chi connectivity index (χ0n) is 18.4. The number of anilines is 2. The van der Waals surface area contributed by atoms with Crippen LogP contribution in [0.5, 0.6) is 0 Å². The van der Waals surface area contributed by atoms with Gasteiger partial charge in [0.25, 0.3) is 0 Å². The fraction of sp³-hybridized carbons (Fsp3) is 0.522. The summed E-state index contributed by atoms with van der Waals surface area (Å²) in [6.07, 6.45) is 1.65. The van der Waals surface area contributed by atoms with Gasteiger partial charge in [0.15, 0.2) is 0 Å². The number of halogens is 3. The quantitative estimate of drug-likeness (QED) is 0.659. The summed E-state index contributed by atoms with van der Waals surface area (Å²) in [5.74, 6) is 0.350. The van der Waals surface area contributed by atoms with Gasteiger partial charge < -0.3 is 10.2 Å². The summed E-state index contributed by atoms with van der Waals surface area (Å²) in [6.45, 7) is 4.14. The Morgan fingerprint density at radius 2 is 1.91 bits per heavy atom. The summed E-state index contributed by atoms with van der Waals surface area (Å²) < 4.78 is 38.3. The molecule has 6 nitrogen and oxygen atoms in total. The fourth-order valence-electron chi connectivity index (χ4n) is 4.41. The van der Waals surface area contributed by atoms with Gasteiger partial charge >= 0.3 is 6.18 Å². The predicted octanol–water partition coefficient (Wildman–Crippen LogP) is 4.45. The second-order valence-electron chi connectivity index (χ2n) is 8.47. The standard InChI is InChI=1S/C23H26F3N5OS/c1-15(21(32)29-22-18(13-27)17-5-3-2-4-6-19(17)33-22)30-9-11-31(12-10-30)20-8-7-16(14-28-20)23(24,25)26/h7-8,14-15H,2-6,9-12H2,1H3,(H,29,32)/t15-/m1/s1. The van der Waals surface area contributed by atoms with Gasteiger partial charge in [-0.3, -0.25) is 9.69 Å². The number of aromatic nitrogens is 1. The van der Waals surface area contributed by atoms with Crippen molar-refractivity contribution in [1.82, 2.24) is 9.88 Å². The van der Waals surface area contributed by atoms with Crippen LogP contribution in [0.4, 0.5) is 24.0 Å². The van der Waals surface area contributed by atoms with Gasteiger partial charge in [-0.1, -0.05) is 6.42 Å². The highest BCUT2D eigenvalue weighted by Gasteiger charge is 2.32. The number of carbonyl (C=O) groups excluding carboxylic acids is 1. The monoisotopic (exact) mass is 477 g/mol. The Morgan fingerprint density at radius 3 is 2.55 bits per heavy atom. The summed E-state index contributed by atoms with van der Waals surface area (Å²) in [6, 6.07) is 4.33. The van der Waals surface area contributed by atoms with Crippen LogP contribution in [0.1, 0.15) is 47.8 Å². The van der Waals surface area contributed by atoms with Crippen molar-refractivity contribution in [3.8, 4) is 6.07 Å². The molecule has 4 rings (SSSR count). The molecule has 2 aromatic heterocycles. The summed E-state index contributed by atoms with van der Waals surface area (Å²) in [4.78, 5) is 22.1. The smallest absolute Gasteiger partial charge is 0.354 e. The number of fused-ring (bicyclic) bond motifs is 1. The Bertz CT molecular complexity index is 1040. The molecule has 2 aromatic rings. The maximum absolute atomic E-state index is 13.0. The van der Waals surface area contributed by atoms with E-state index in [4.69, 9.17) is 0 Å². The van der Waals surface area contributed by atoms with Crippen LogP contribution in [0.15, 0.2) is 18.3 Å². The van der Waals surface area contributed by atoms with Crippen LogP contribution < -0.4 is 10.2 Å². The number of hydrogen-bond acceptors (Lipinski definition) is 6.